The van der Waals surface area contributed by atoms with Crippen molar-refractivity contribution in [2.45, 2.75) is 25.7 Å². The number of nitrogens with one attached hydrogen (secondary N) is 1. The normalized spacial score (nSPS) is 10.1. The Morgan fingerprint density at radius 3 is 2.53 bits per heavy atom. The van der Waals surface area contributed by atoms with Gasteiger partial charge in [0.25, 0.3) is 0 Å². The molecule has 0 heterocycles. The van der Waals surface area contributed by atoms with Crippen molar-refractivity contribution in [1.29, 1.82) is 0 Å². The first-order valence-corrected chi connectivity index (χ1v) is 6.87. The van der Waals surface area contributed by atoms with E-state index in [1.54, 1.807) is 20.3 Å². The van der Waals surface area contributed by atoms with Crippen LogP contribution in [0.5, 0.6) is 11.5 Å². The van der Waals surface area contributed by atoms with E-state index in [0.29, 0.717) is 10.8 Å². The van der Waals surface area contributed by atoms with E-state index >= 15 is 0 Å². The Morgan fingerprint density at radius 2 is 1.89 bits per heavy atom. The van der Waals surface area contributed by atoms with Crippen LogP contribution >= 0.6 is 11.6 Å². The zero-order chi connectivity index (χ0) is 14.1. The number of anilines is 1. The van der Waals surface area contributed by atoms with Crippen molar-refractivity contribution < 1.29 is 9.47 Å². The average Bonchev–Trinajstić information content (AvgIpc) is 2.43. The molecule has 0 aliphatic rings. The number of unbranched alkanes of at least 4 members (excludes halogenated alkanes) is 3. The summed E-state index contributed by atoms with van der Waals surface area (Å²) < 4.78 is 10.5. The maximum Gasteiger partial charge on any atom is 0.145 e. The zero-order valence-electron chi connectivity index (χ0n) is 11.7. The Bertz CT molecular complexity index is 407. The molecule has 1 N–H and O–H groups in total. The van der Waals surface area contributed by atoms with E-state index in [9.17, 15) is 0 Å². The molecule has 0 aliphatic carbocycles. The molecule has 0 aliphatic heterocycles. The zero-order valence-corrected chi connectivity index (χ0v) is 12.4. The minimum atomic E-state index is 0.581. The van der Waals surface area contributed by atoms with Gasteiger partial charge >= 0.3 is 0 Å². The van der Waals surface area contributed by atoms with Crippen LogP contribution in [0.15, 0.2) is 24.8 Å². The number of rotatable bonds is 9. The Labute approximate surface area is 120 Å². The van der Waals surface area contributed by atoms with Crippen LogP contribution in [-0.2, 0) is 0 Å². The first-order chi connectivity index (χ1) is 9.22. The minimum absolute atomic E-state index is 0.581. The van der Waals surface area contributed by atoms with Gasteiger partial charge in [0.1, 0.15) is 11.5 Å². The van der Waals surface area contributed by atoms with Crippen LogP contribution in [0.3, 0.4) is 0 Å². The van der Waals surface area contributed by atoms with Gasteiger partial charge in [0, 0.05) is 12.6 Å². The molecule has 0 aromatic heterocycles. The number of benzene rings is 1. The van der Waals surface area contributed by atoms with Gasteiger partial charge in [-0.05, 0) is 25.3 Å². The lowest BCUT2D eigenvalue weighted by Crippen LogP contribution is -2.03. The van der Waals surface area contributed by atoms with Crippen LogP contribution in [0.2, 0.25) is 5.02 Å². The third kappa shape index (κ3) is 5.03. The van der Waals surface area contributed by atoms with Gasteiger partial charge in [-0.1, -0.05) is 24.1 Å². The van der Waals surface area contributed by atoms with Gasteiger partial charge in [-0.15, -0.1) is 6.58 Å². The Balaban J connectivity index is 2.52. The van der Waals surface area contributed by atoms with Crippen molar-refractivity contribution in [2.75, 3.05) is 26.1 Å². The van der Waals surface area contributed by atoms with E-state index in [-0.39, 0.29) is 0 Å². The molecule has 0 amide bonds. The third-order valence-electron chi connectivity index (χ3n) is 2.87. The molecule has 19 heavy (non-hydrogen) atoms. The number of hydrogen-bond donors (Lipinski definition) is 1. The van der Waals surface area contributed by atoms with Gasteiger partial charge in [0.05, 0.1) is 24.9 Å². The van der Waals surface area contributed by atoms with Gasteiger partial charge < -0.3 is 14.8 Å². The van der Waals surface area contributed by atoms with E-state index in [1.807, 2.05) is 12.1 Å². The summed E-state index contributed by atoms with van der Waals surface area (Å²) in [5.41, 5.74) is 0.900. The maximum atomic E-state index is 6.11. The molecule has 0 atom stereocenters. The molecule has 1 aromatic rings. The molecule has 4 heteroatoms. The molecule has 0 saturated heterocycles. The maximum absolute atomic E-state index is 6.11. The van der Waals surface area contributed by atoms with Crippen LogP contribution in [0.4, 0.5) is 5.69 Å². The quantitative estimate of drug-likeness (QED) is 0.534. The van der Waals surface area contributed by atoms with E-state index in [1.165, 1.54) is 12.8 Å². The van der Waals surface area contributed by atoms with Crippen LogP contribution in [0.25, 0.3) is 0 Å². The van der Waals surface area contributed by atoms with Crippen LogP contribution in [0, 0.1) is 0 Å². The molecule has 0 unspecified atom stereocenters. The third-order valence-corrected chi connectivity index (χ3v) is 3.17. The lowest BCUT2D eigenvalue weighted by Gasteiger charge is -2.13. The molecule has 106 valence electrons. The van der Waals surface area contributed by atoms with Gasteiger partial charge in [-0.25, -0.2) is 0 Å². The van der Waals surface area contributed by atoms with Crippen molar-refractivity contribution in [3.63, 3.8) is 0 Å². The molecule has 3 nitrogen and oxygen atoms in total. The van der Waals surface area contributed by atoms with Crippen molar-refractivity contribution >= 4 is 17.3 Å². The van der Waals surface area contributed by atoms with Crippen molar-refractivity contribution in [3.8, 4) is 11.5 Å². The minimum Gasteiger partial charge on any atom is -0.495 e. The SMILES string of the molecule is C=CCCCCCNc1cc(Cl)c(OC)cc1OC. The fourth-order valence-corrected chi connectivity index (χ4v) is 2.05. The second-order valence-corrected chi connectivity index (χ2v) is 4.66. The summed E-state index contributed by atoms with van der Waals surface area (Å²) in [5.74, 6) is 1.36. The molecular formula is C15H22ClNO2. The second kappa shape index (κ2) is 8.70. The summed E-state index contributed by atoms with van der Waals surface area (Å²) in [4.78, 5) is 0. The summed E-state index contributed by atoms with van der Waals surface area (Å²) >= 11 is 6.11. The van der Waals surface area contributed by atoms with E-state index in [0.717, 1.165) is 30.8 Å². The highest BCUT2D eigenvalue weighted by Gasteiger charge is 2.09. The highest BCUT2D eigenvalue weighted by Crippen LogP contribution is 2.35. The fraction of sp³-hybridized carbons (Fsp3) is 0.467. The van der Waals surface area contributed by atoms with Crippen molar-refractivity contribution in [1.82, 2.24) is 0 Å². The van der Waals surface area contributed by atoms with E-state index < -0.39 is 0 Å². The number of hydrogen-bond acceptors (Lipinski definition) is 3. The molecular weight excluding hydrogens is 262 g/mol. The summed E-state index contributed by atoms with van der Waals surface area (Å²) in [5, 5.41) is 3.92. The summed E-state index contributed by atoms with van der Waals surface area (Å²) in [6, 6.07) is 3.63. The average molecular weight is 284 g/mol. The van der Waals surface area contributed by atoms with Crippen LogP contribution in [0.1, 0.15) is 25.7 Å². The fourth-order valence-electron chi connectivity index (χ4n) is 1.81. The molecule has 0 spiro atoms. The molecule has 0 bridgehead atoms. The Hall–Kier alpha value is -1.35. The van der Waals surface area contributed by atoms with Gasteiger partial charge in [0.2, 0.25) is 0 Å². The van der Waals surface area contributed by atoms with Gasteiger partial charge in [0.15, 0.2) is 0 Å². The van der Waals surface area contributed by atoms with Crippen molar-refractivity contribution in [3.05, 3.63) is 29.8 Å². The number of methoxy groups -OCH3 is 2. The highest BCUT2D eigenvalue weighted by atomic mass is 35.5. The number of allylic oxidation sites excluding steroid dienone is 1. The van der Waals surface area contributed by atoms with Crippen molar-refractivity contribution in [2.24, 2.45) is 0 Å². The lowest BCUT2D eigenvalue weighted by atomic mass is 10.2. The smallest absolute Gasteiger partial charge is 0.145 e. The second-order valence-electron chi connectivity index (χ2n) is 4.25. The van der Waals surface area contributed by atoms with E-state index in [2.05, 4.69) is 11.9 Å². The predicted molar refractivity (Wildman–Crippen MR) is 81.7 cm³/mol. The molecule has 1 aromatic carbocycles. The topological polar surface area (TPSA) is 30.5 Å². The first kappa shape index (κ1) is 15.7. The monoisotopic (exact) mass is 283 g/mol. The molecule has 1 rings (SSSR count). The Kier molecular flexibility index (Phi) is 7.19. The van der Waals surface area contributed by atoms with E-state index in [4.69, 9.17) is 21.1 Å². The highest BCUT2D eigenvalue weighted by molar-refractivity contribution is 6.32. The lowest BCUT2D eigenvalue weighted by molar-refractivity contribution is 0.395. The van der Waals surface area contributed by atoms with Crippen LogP contribution < -0.4 is 14.8 Å². The molecule has 0 saturated carbocycles. The molecule has 0 radical (unpaired) electrons. The largest absolute Gasteiger partial charge is 0.495 e. The Morgan fingerprint density at radius 1 is 1.16 bits per heavy atom. The predicted octanol–water partition coefficient (Wildman–Crippen LogP) is 4.52. The van der Waals surface area contributed by atoms with Crippen LogP contribution in [-0.4, -0.2) is 20.8 Å². The summed E-state index contributed by atoms with van der Waals surface area (Å²) in [7, 11) is 3.23. The number of ether oxygens (including phenoxy) is 2. The first-order valence-electron chi connectivity index (χ1n) is 6.49. The summed E-state index contributed by atoms with van der Waals surface area (Å²) in [6.45, 7) is 4.62. The standard InChI is InChI=1S/C15H22ClNO2/c1-4-5-6-7-8-9-17-13-10-12(16)14(18-2)11-15(13)19-3/h4,10-11,17H,1,5-9H2,2-3H3. The summed E-state index contributed by atoms with van der Waals surface area (Å²) in [6.07, 6.45) is 6.52. The van der Waals surface area contributed by atoms with Gasteiger partial charge in [-0.2, -0.15) is 0 Å². The molecule has 0 fully saturated rings. The van der Waals surface area contributed by atoms with Gasteiger partial charge in [-0.3, -0.25) is 0 Å². The number of halogens is 1.